The molecule has 0 aromatic heterocycles. The molecule has 1 aliphatic rings. The molecule has 0 saturated carbocycles. The number of hydrogen-bond acceptors (Lipinski definition) is 5. The third-order valence-corrected chi connectivity index (χ3v) is 8.89. The molecule has 2 aromatic rings. The molecule has 1 heterocycles. The molecule has 8 nitrogen and oxygen atoms in total. The summed E-state index contributed by atoms with van der Waals surface area (Å²) < 4.78 is 51.5. The average Bonchev–Trinajstić information content (AvgIpc) is 2.78. The first-order valence-corrected chi connectivity index (χ1v) is 14.1. The van der Waals surface area contributed by atoms with Gasteiger partial charge >= 0.3 is 0 Å². The molecule has 1 amide bonds. The number of hydrogen-bond donors (Lipinski definition) is 0. The molecule has 10 heteroatoms. The molecule has 0 aliphatic carbocycles. The fourth-order valence-corrected chi connectivity index (χ4v) is 5.70. The summed E-state index contributed by atoms with van der Waals surface area (Å²) in [5.41, 5.74) is 1.53. The Balaban J connectivity index is 1.66. The lowest BCUT2D eigenvalue weighted by molar-refractivity contribution is -0.130. The maximum Gasteiger partial charge on any atom is 0.243 e. The van der Waals surface area contributed by atoms with E-state index in [0.29, 0.717) is 19.0 Å². The average molecular weight is 494 g/mol. The summed E-state index contributed by atoms with van der Waals surface area (Å²) in [6.45, 7) is 0.865. The molecule has 0 radical (unpaired) electrons. The predicted molar refractivity (Wildman–Crippen MR) is 129 cm³/mol. The maximum atomic E-state index is 12.9. The van der Waals surface area contributed by atoms with Crippen molar-refractivity contribution in [1.82, 2.24) is 9.21 Å². The van der Waals surface area contributed by atoms with Crippen LogP contribution in [0.5, 0.6) is 0 Å². The highest BCUT2D eigenvalue weighted by atomic mass is 32.2. The van der Waals surface area contributed by atoms with Crippen LogP contribution in [-0.4, -0.2) is 71.9 Å². The Hall–Kier alpha value is -2.43. The number of carbonyl (C=O) groups excluding carboxylic acids is 1. The zero-order valence-corrected chi connectivity index (χ0v) is 20.8. The van der Waals surface area contributed by atoms with Crippen LogP contribution in [0, 0.1) is 5.92 Å². The Morgan fingerprint density at radius 3 is 2.03 bits per heavy atom. The van der Waals surface area contributed by atoms with Crippen LogP contribution in [0.3, 0.4) is 0 Å². The van der Waals surface area contributed by atoms with Crippen molar-refractivity contribution >= 4 is 31.6 Å². The SMILES string of the molecule is CN(C)S(=O)(=O)c1ccc(N(CC(=O)N2CCC(Cc3ccccc3)CC2)S(C)(=O)=O)cc1. The monoisotopic (exact) mass is 493 g/mol. The summed E-state index contributed by atoms with van der Waals surface area (Å²) in [6.07, 6.45) is 3.75. The van der Waals surface area contributed by atoms with E-state index < -0.39 is 20.0 Å². The highest BCUT2D eigenvalue weighted by Crippen LogP contribution is 2.24. The second-order valence-corrected chi connectivity index (χ2v) is 12.6. The van der Waals surface area contributed by atoms with E-state index in [1.807, 2.05) is 18.2 Å². The van der Waals surface area contributed by atoms with Crippen LogP contribution in [0.4, 0.5) is 5.69 Å². The predicted octanol–water partition coefficient (Wildman–Crippen LogP) is 2.18. The van der Waals surface area contributed by atoms with Crippen LogP contribution in [0.25, 0.3) is 0 Å². The van der Waals surface area contributed by atoms with Crippen LogP contribution in [0.2, 0.25) is 0 Å². The maximum absolute atomic E-state index is 12.9. The van der Waals surface area contributed by atoms with Crippen molar-refractivity contribution in [1.29, 1.82) is 0 Å². The second-order valence-electron chi connectivity index (χ2n) is 8.56. The first kappa shape index (κ1) is 25.2. The zero-order chi connectivity index (χ0) is 24.2. The molecule has 1 aliphatic heterocycles. The number of nitrogens with zero attached hydrogens (tertiary/aromatic N) is 3. The van der Waals surface area contributed by atoms with Gasteiger partial charge in [0.1, 0.15) is 6.54 Å². The smallest absolute Gasteiger partial charge is 0.243 e. The van der Waals surface area contributed by atoms with Gasteiger partial charge in [-0.3, -0.25) is 9.10 Å². The molecule has 3 rings (SSSR count). The second kappa shape index (κ2) is 10.2. The number of carbonyl (C=O) groups is 1. The van der Waals surface area contributed by atoms with Crippen LogP contribution < -0.4 is 4.31 Å². The third-order valence-electron chi connectivity index (χ3n) is 5.92. The number of likely N-dealkylation sites (tertiary alicyclic amines) is 1. The Bertz CT molecular complexity index is 1160. The molecule has 0 spiro atoms. The number of rotatable bonds is 8. The number of piperidine rings is 1. The quantitative estimate of drug-likeness (QED) is 0.562. The molecular weight excluding hydrogens is 462 g/mol. The van der Waals surface area contributed by atoms with Crippen molar-refractivity contribution in [3.8, 4) is 0 Å². The molecule has 1 fully saturated rings. The van der Waals surface area contributed by atoms with Gasteiger partial charge in [-0.2, -0.15) is 0 Å². The van der Waals surface area contributed by atoms with Gasteiger partial charge in [-0.25, -0.2) is 21.1 Å². The van der Waals surface area contributed by atoms with Crippen molar-refractivity contribution in [2.75, 3.05) is 44.3 Å². The molecule has 180 valence electrons. The summed E-state index contributed by atoms with van der Waals surface area (Å²) in [7, 11) is -4.53. The van der Waals surface area contributed by atoms with E-state index in [4.69, 9.17) is 0 Å². The number of amides is 1. The fraction of sp³-hybridized carbons (Fsp3) is 0.435. The topological polar surface area (TPSA) is 95.1 Å². The molecule has 2 aromatic carbocycles. The van der Waals surface area contributed by atoms with Gasteiger partial charge in [-0.05, 0) is 55.0 Å². The van der Waals surface area contributed by atoms with E-state index in [1.54, 1.807) is 4.90 Å². The van der Waals surface area contributed by atoms with Gasteiger partial charge in [-0.15, -0.1) is 0 Å². The van der Waals surface area contributed by atoms with Crippen LogP contribution in [0.15, 0.2) is 59.5 Å². The Morgan fingerprint density at radius 2 is 1.52 bits per heavy atom. The molecule has 0 unspecified atom stereocenters. The van der Waals surface area contributed by atoms with Gasteiger partial charge in [0.2, 0.25) is 26.0 Å². The van der Waals surface area contributed by atoms with Gasteiger partial charge in [0.15, 0.2) is 0 Å². The third kappa shape index (κ3) is 6.33. The van der Waals surface area contributed by atoms with E-state index in [1.165, 1.54) is 43.9 Å². The van der Waals surface area contributed by atoms with E-state index in [0.717, 1.165) is 34.1 Å². The standard InChI is InChI=1S/C23H31N3O5S2/c1-24(2)33(30,31)22-11-9-21(10-12-22)26(32(3,28)29)18-23(27)25-15-13-20(14-16-25)17-19-7-5-4-6-8-19/h4-12,20H,13-18H2,1-3H3. The van der Waals surface area contributed by atoms with E-state index in [-0.39, 0.29) is 23.0 Å². The summed E-state index contributed by atoms with van der Waals surface area (Å²) in [6, 6.07) is 15.8. The highest BCUT2D eigenvalue weighted by molar-refractivity contribution is 7.92. The van der Waals surface area contributed by atoms with Crippen LogP contribution in [0.1, 0.15) is 18.4 Å². The zero-order valence-electron chi connectivity index (χ0n) is 19.2. The van der Waals surface area contributed by atoms with Crippen molar-refractivity contribution in [2.24, 2.45) is 5.92 Å². The van der Waals surface area contributed by atoms with E-state index >= 15 is 0 Å². The summed E-state index contributed by atoms with van der Waals surface area (Å²) in [4.78, 5) is 14.7. The fourth-order valence-electron chi connectivity index (χ4n) is 3.95. The minimum absolute atomic E-state index is 0.0523. The first-order valence-electron chi connectivity index (χ1n) is 10.8. The molecular formula is C23H31N3O5S2. The lowest BCUT2D eigenvalue weighted by atomic mass is 9.90. The summed E-state index contributed by atoms with van der Waals surface area (Å²) >= 11 is 0. The van der Waals surface area contributed by atoms with E-state index in [9.17, 15) is 21.6 Å². The Labute approximate surface area is 196 Å². The minimum Gasteiger partial charge on any atom is -0.341 e. The molecule has 0 bridgehead atoms. The molecule has 1 saturated heterocycles. The Morgan fingerprint density at radius 1 is 0.939 bits per heavy atom. The van der Waals surface area contributed by atoms with Crippen molar-refractivity contribution < 1.29 is 21.6 Å². The van der Waals surface area contributed by atoms with Gasteiger partial charge in [0.25, 0.3) is 0 Å². The minimum atomic E-state index is -3.74. The van der Waals surface area contributed by atoms with Gasteiger partial charge in [0.05, 0.1) is 16.8 Å². The first-order chi connectivity index (χ1) is 15.5. The number of anilines is 1. The highest BCUT2D eigenvalue weighted by Gasteiger charge is 2.28. The van der Waals surface area contributed by atoms with Gasteiger partial charge in [0, 0.05) is 27.2 Å². The van der Waals surface area contributed by atoms with Crippen molar-refractivity contribution in [3.05, 3.63) is 60.2 Å². The lowest BCUT2D eigenvalue weighted by Gasteiger charge is -2.33. The largest absolute Gasteiger partial charge is 0.341 e. The lowest BCUT2D eigenvalue weighted by Crippen LogP contribution is -2.46. The van der Waals surface area contributed by atoms with E-state index in [2.05, 4.69) is 12.1 Å². The van der Waals surface area contributed by atoms with Gasteiger partial charge < -0.3 is 4.90 Å². The molecule has 33 heavy (non-hydrogen) atoms. The van der Waals surface area contributed by atoms with Crippen LogP contribution >= 0.6 is 0 Å². The number of benzene rings is 2. The Kier molecular flexibility index (Phi) is 7.81. The number of sulfonamides is 2. The van der Waals surface area contributed by atoms with Crippen molar-refractivity contribution in [2.45, 2.75) is 24.2 Å². The summed E-state index contributed by atoms with van der Waals surface area (Å²) in [5.74, 6) is 0.234. The summed E-state index contributed by atoms with van der Waals surface area (Å²) in [5, 5.41) is 0. The van der Waals surface area contributed by atoms with Crippen molar-refractivity contribution in [3.63, 3.8) is 0 Å². The van der Waals surface area contributed by atoms with Gasteiger partial charge in [-0.1, -0.05) is 30.3 Å². The van der Waals surface area contributed by atoms with Crippen LogP contribution in [-0.2, 0) is 31.3 Å². The molecule has 0 N–H and O–H groups in total. The normalized spacial score (nSPS) is 15.6. The molecule has 0 atom stereocenters.